The summed E-state index contributed by atoms with van der Waals surface area (Å²) in [6.45, 7) is 3.01. The molecule has 0 bridgehead atoms. The van der Waals surface area contributed by atoms with Crippen molar-refractivity contribution < 1.29 is 9.53 Å². The lowest BCUT2D eigenvalue weighted by Gasteiger charge is -2.26. The molecule has 0 unspecified atom stereocenters. The molecular weight excluding hydrogens is 332 g/mol. The van der Waals surface area contributed by atoms with Gasteiger partial charge < -0.3 is 9.64 Å². The van der Waals surface area contributed by atoms with Crippen LogP contribution in [0.3, 0.4) is 0 Å². The number of carbonyl (C=O) groups is 1. The molecule has 0 radical (unpaired) electrons. The third-order valence-electron chi connectivity index (χ3n) is 4.42. The Hall–Kier alpha value is -3.29. The number of nitrogens with zero attached hydrogens (tertiary/aromatic N) is 6. The number of fused-ring (bicyclic) bond motifs is 1. The summed E-state index contributed by atoms with van der Waals surface area (Å²) in [5.41, 5.74) is 3.04. The highest BCUT2D eigenvalue weighted by Crippen LogP contribution is 2.30. The molecule has 3 heterocycles. The van der Waals surface area contributed by atoms with Gasteiger partial charge in [0, 0.05) is 30.1 Å². The first-order valence-corrected chi connectivity index (χ1v) is 8.37. The molecule has 26 heavy (non-hydrogen) atoms. The van der Waals surface area contributed by atoms with Crippen molar-refractivity contribution in [2.75, 3.05) is 6.61 Å². The van der Waals surface area contributed by atoms with Gasteiger partial charge in [-0.1, -0.05) is 12.1 Å². The van der Waals surface area contributed by atoms with Crippen molar-refractivity contribution in [3.05, 3.63) is 54.6 Å². The van der Waals surface area contributed by atoms with Crippen LogP contribution >= 0.6 is 0 Å². The molecule has 1 aliphatic heterocycles. The number of amides is 1. The van der Waals surface area contributed by atoms with Crippen LogP contribution in [0.5, 0.6) is 5.75 Å². The van der Waals surface area contributed by atoms with Crippen LogP contribution in [-0.4, -0.2) is 48.6 Å². The van der Waals surface area contributed by atoms with Gasteiger partial charge in [-0.05, 0) is 41.1 Å². The normalized spacial score (nSPS) is 16.5. The van der Waals surface area contributed by atoms with Gasteiger partial charge >= 0.3 is 0 Å². The van der Waals surface area contributed by atoms with Gasteiger partial charge in [-0.2, -0.15) is 0 Å². The molecule has 0 saturated heterocycles. The van der Waals surface area contributed by atoms with Crippen molar-refractivity contribution in [2.24, 2.45) is 0 Å². The maximum Gasteiger partial charge on any atom is 0.245 e. The summed E-state index contributed by atoms with van der Waals surface area (Å²) in [6, 6.07) is 9.89. The minimum Gasteiger partial charge on any atom is -0.491 e. The summed E-state index contributed by atoms with van der Waals surface area (Å²) >= 11 is 0. The number of aromatic nitrogens is 5. The van der Waals surface area contributed by atoms with E-state index in [1.54, 1.807) is 11.1 Å². The van der Waals surface area contributed by atoms with E-state index in [0.717, 1.165) is 22.4 Å². The zero-order valence-electron chi connectivity index (χ0n) is 14.3. The Labute approximate surface area is 150 Å². The van der Waals surface area contributed by atoms with Gasteiger partial charge in [0.25, 0.3) is 0 Å². The standard InChI is InChI=1S/C18H18N6O2/c1-13-11-26-17-5-4-14(15-3-2-6-19-8-15)7-16(17)9-24(13)18(25)10-23-12-20-21-22-23/h2-8,12-13H,9-11H2,1H3/t13-/m0/s1. The summed E-state index contributed by atoms with van der Waals surface area (Å²) in [7, 11) is 0. The molecule has 8 nitrogen and oxygen atoms in total. The lowest BCUT2D eigenvalue weighted by Crippen LogP contribution is -2.41. The number of rotatable bonds is 3. The highest BCUT2D eigenvalue weighted by atomic mass is 16.5. The second-order valence-corrected chi connectivity index (χ2v) is 6.25. The molecule has 3 aromatic rings. The number of hydrogen-bond donors (Lipinski definition) is 0. The molecule has 1 atom stereocenters. The Morgan fingerprint density at radius 3 is 3.00 bits per heavy atom. The fourth-order valence-corrected chi connectivity index (χ4v) is 3.01. The first-order chi connectivity index (χ1) is 12.7. The number of tetrazole rings is 1. The highest BCUT2D eigenvalue weighted by molar-refractivity contribution is 5.76. The Balaban J connectivity index is 1.61. The SMILES string of the molecule is C[C@H]1COc2ccc(-c3cccnc3)cc2CN1C(=O)Cn1cnnn1. The Kier molecular flexibility index (Phi) is 4.30. The third-order valence-corrected chi connectivity index (χ3v) is 4.42. The van der Waals surface area contributed by atoms with E-state index >= 15 is 0 Å². The molecule has 4 rings (SSSR count). The maximum absolute atomic E-state index is 12.7. The average Bonchev–Trinajstić information content (AvgIpc) is 3.11. The zero-order chi connectivity index (χ0) is 17.9. The van der Waals surface area contributed by atoms with Gasteiger partial charge in [0.1, 0.15) is 25.2 Å². The van der Waals surface area contributed by atoms with Gasteiger partial charge in [-0.3, -0.25) is 9.78 Å². The number of ether oxygens (including phenoxy) is 1. The van der Waals surface area contributed by atoms with Crippen LogP contribution in [0.25, 0.3) is 11.1 Å². The van der Waals surface area contributed by atoms with Crippen molar-refractivity contribution in [1.29, 1.82) is 0 Å². The van der Waals surface area contributed by atoms with Crippen LogP contribution in [0.4, 0.5) is 0 Å². The zero-order valence-corrected chi connectivity index (χ0v) is 14.3. The van der Waals surface area contributed by atoms with Crippen LogP contribution in [-0.2, 0) is 17.9 Å². The summed E-state index contributed by atoms with van der Waals surface area (Å²) in [5.74, 6) is 0.759. The predicted octanol–water partition coefficient (Wildman–Crippen LogP) is 1.54. The fourth-order valence-electron chi connectivity index (χ4n) is 3.01. The topological polar surface area (TPSA) is 86.0 Å². The molecule has 1 aromatic carbocycles. The van der Waals surface area contributed by atoms with E-state index in [4.69, 9.17) is 4.74 Å². The van der Waals surface area contributed by atoms with E-state index in [2.05, 4.69) is 26.6 Å². The average molecular weight is 350 g/mol. The van der Waals surface area contributed by atoms with E-state index in [0.29, 0.717) is 13.2 Å². The van der Waals surface area contributed by atoms with Crippen LogP contribution in [0.15, 0.2) is 49.1 Å². The molecule has 0 aliphatic carbocycles. The smallest absolute Gasteiger partial charge is 0.245 e. The molecular formula is C18H18N6O2. The molecule has 8 heteroatoms. The van der Waals surface area contributed by atoms with Crippen molar-refractivity contribution in [3.63, 3.8) is 0 Å². The van der Waals surface area contributed by atoms with Gasteiger partial charge in [-0.25, -0.2) is 4.68 Å². The quantitative estimate of drug-likeness (QED) is 0.712. The summed E-state index contributed by atoms with van der Waals surface area (Å²) < 4.78 is 7.33. The largest absolute Gasteiger partial charge is 0.491 e. The number of benzene rings is 1. The molecule has 0 spiro atoms. The number of pyridine rings is 1. The third kappa shape index (κ3) is 3.26. The maximum atomic E-state index is 12.7. The van der Waals surface area contributed by atoms with E-state index in [1.165, 1.54) is 11.0 Å². The van der Waals surface area contributed by atoms with Gasteiger partial charge in [0.2, 0.25) is 5.91 Å². The molecule has 1 aliphatic rings. The van der Waals surface area contributed by atoms with Crippen LogP contribution in [0.2, 0.25) is 0 Å². The lowest BCUT2D eigenvalue weighted by molar-refractivity contribution is -0.135. The van der Waals surface area contributed by atoms with Crippen molar-refractivity contribution in [3.8, 4) is 16.9 Å². The van der Waals surface area contributed by atoms with Crippen molar-refractivity contribution >= 4 is 5.91 Å². The number of hydrogen-bond acceptors (Lipinski definition) is 6. The van der Waals surface area contributed by atoms with Gasteiger partial charge in [0.15, 0.2) is 0 Å². The fraction of sp³-hybridized carbons (Fsp3) is 0.278. The molecule has 0 saturated carbocycles. The summed E-state index contributed by atoms with van der Waals surface area (Å²) in [6.07, 6.45) is 5.00. The van der Waals surface area contributed by atoms with Crippen LogP contribution < -0.4 is 4.74 Å². The van der Waals surface area contributed by atoms with Crippen LogP contribution in [0, 0.1) is 0 Å². The Morgan fingerprint density at radius 2 is 2.23 bits per heavy atom. The predicted molar refractivity (Wildman–Crippen MR) is 93.0 cm³/mol. The molecule has 1 amide bonds. The van der Waals surface area contributed by atoms with E-state index in [9.17, 15) is 4.79 Å². The van der Waals surface area contributed by atoms with Crippen molar-refractivity contribution in [2.45, 2.75) is 26.1 Å². The first-order valence-electron chi connectivity index (χ1n) is 8.37. The lowest BCUT2D eigenvalue weighted by atomic mass is 10.0. The first kappa shape index (κ1) is 16.2. The minimum atomic E-state index is -0.0481. The van der Waals surface area contributed by atoms with Crippen molar-refractivity contribution in [1.82, 2.24) is 30.1 Å². The summed E-state index contributed by atoms with van der Waals surface area (Å²) in [4.78, 5) is 18.7. The second kappa shape index (κ2) is 6.91. The molecule has 132 valence electrons. The second-order valence-electron chi connectivity index (χ2n) is 6.25. The van der Waals surface area contributed by atoms with E-state index in [-0.39, 0.29) is 18.5 Å². The minimum absolute atomic E-state index is 0.0479. The Bertz CT molecular complexity index is 897. The Morgan fingerprint density at radius 1 is 1.31 bits per heavy atom. The summed E-state index contributed by atoms with van der Waals surface area (Å²) in [5, 5.41) is 10.9. The molecule has 0 fully saturated rings. The van der Waals surface area contributed by atoms with Gasteiger partial charge in [-0.15, -0.1) is 5.10 Å². The number of carbonyl (C=O) groups excluding carboxylic acids is 1. The molecule has 2 aromatic heterocycles. The van der Waals surface area contributed by atoms with Gasteiger partial charge in [0.05, 0.1) is 6.04 Å². The van der Waals surface area contributed by atoms with E-state index < -0.39 is 0 Å². The van der Waals surface area contributed by atoms with E-state index in [1.807, 2.05) is 37.4 Å². The molecule has 0 N–H and O–H groups in total. The highest BCUT2D eigenvalue weighted by Gasteiger charge is 2.26. The monoisotopic (exact) mass is 350 g/mol. The van der Waals surface area contributed by atoms with Crippen LogP contribution in [0.1, 0.15) is 12.5 Å².